The number of aromatic carboxylic acids is 1. The van der Waals surface area contributed by atoms with E-state index in [1.54, 1.807) is 11.4 Å². The zero-order valence-corrected chi connectivity index (χ0v) is 11.5. The molecule has 0 fully saturated rings. The number of fused-ring (bicyclic) bond motifs is 1. The van der Waals surface area contributed by atoms with Gasteiger partial charge in [0.25, 0.3) is 0 Å². The lowest BCUT2D eigenvalue weighted by Crippen LogP contribution is -1.98. The Morgan fingerprint density at radius 3 is 2.65 bits per heavy atom. The van der Waals surface area contributed by atoms with Gasteiger partial charge in [-0.2, -0.15) is 0 Å². The van der Waals surface area contributed by atoms with Gasteiger partial charge < -0.3 is 10.4 Å². The molecule has 1 aromatic heterocycles. The summed E-state index contributed by atoms with van der Waals surface area (Å²) in [6.45, 7) is 0.635. The number of thiophene rings is 1. The molecule has 3 rings (SSSR count). The van der Waals surface area contributed by atoms with Crippen LogP contribution in [-0.2, 0) is 6.54 Å². The zero-order valence-electron chi connectivity index (χ0n) is 10.7. The fourth-order valence-corrected chi connectivity index (χ4v) is 2.87. The van der Waals surface area contributed by atoms with Crippen LogP contribution in [0.4, 0.5) is 5.69 Å². The minimum atomic E-state index is -0.877. The van der Waals surface area contributed by atoms with Crippen LogP contribution in [0.2, 0.25) is 0 Å². The summed E-state index contributed by atoms with van der Waals surface area (Å²) in [5, 5.41) is 16.3. The van der Waals surface area contributed by atoms with Gasteiger partial charge in [0.1, 0.15) is 0 Å². The molecule has 0 unspecified atom stereocenters. The first-order chi connectivity index (χ1) is 9.72. The van der Waals surface area contributed by atoms with E-state index in [0.717, 1.165) is 10.6 Å². The summed E-state index contributed by atoms with van der Waals surface area (Å²) in [4.78, 5) is 11.8. The SMILES string of the molecule is O=C(O)c1csc(CNc2ccc3ccccc3c2)c1. The van der Waals surface area contributed by atoms with E-state index in [1.165, 1.54) is 22.1 Å². The molecule has 100 valence electrons. The Bertz CT molecular complexity index is 764. The van der Waals surface area contributed by atoms with E-state index >= 15 is 0 Å². The molecule has 0 spiro atoms. The van der Waals surface area contributed by atoms with Crippen molar-refractivity contribution in [1.82, 2.24) is 0 Å². The van der Waals surface area contributed by atoms with Gasteiger partial charge in [-0.25, -0.2) is 4.79 Å². The van der Waals surface area contributed by atoms with Crippen LogP contribution in [0.5, 0.6) is 0 Å². The molecule has 0 amide bonds. The summed E-state index contributed by atoms with van der Waals surface area (Å²) in [6.07, 6.45) is 0. The van der Waals surface area contributed by atoms with E-state index in [4.69, 9.17) is 5.11 Å². The monoisotopic (exact) mass is 283 g/mol. The maximum Gasteiger partial charge on any atom is 0.336 e. The van der Waals surface area contributed by atoms with E-state index < -0.39 is 5.97 Å². The lowest BCUT2D eigenvalue weighted by Gasteiger charge is -2.06. The molecule has 2 N–H and O–H groups in total. The van der Waals surface area contributed by atoms with Crippen LogP contribution in [0, 0.1) is 0 Å². The highest BCUT2D eigenvalue weighted by Gasteiger charge is 2.06. The third kappa shape index (κ3) is 2.65. The van der Waals surface area contributed by atoms with Crippen molar-refractivity contribution >= 4 is 33.8 Å². The topological polar surface area (TPSA) is 49.3 Å². The molecule has 0 radical (unpaired) electrons. The molecule has 0 saturated heterocycles. The summed E-state index contributed by atoms with van der Waals surface area (Å²) in [5.74, 6) is -0.877. The van der Waals surface area contributed by atoms with Gasteiger partial charge in [0.2, 0.25) is 0 Å². The fourth-order valence-electron chi connectivity index (χ4n) is 2.07. The Morgan fingerprint density at radius 2 is 1.90 bits per heavy atom. The summed E-state index contributed by atoms with van der Waals surface area (Å²) in [6, 6.07) is 16.1. The van der Waals surface area contributed by atoms with Crippen molar-refractivity contribution < 1.29 is 9.90 Å². The van der Waals surface area contributed by atoms with E-state index in [9.17, 15) is 4.79 Å². The molecule has 4 heteroatoms. The van der Waals surface area contributed by atoms with Crippen LogP contribution in [-0.4, -0.2) is 11.1 Å². The largest absolute Gasteiger partial charge is 0.478 e. The van der Waals surface area contributed by atoms with Gasteiger partial charge >= 0.3 is 5.97 Å². The third-order valence-corrected chi connectivity index (χ3v) is 4.05. The summed E-state index contributed by atoms with van der Waals surface area (Å²) >= 11 is 1.46. The smallest absolute Gasteiger partial charge is 0.336 e. The Hall–Kier alpha value is -2.33. The second-order valence-corrected chi connectivity index (χ2v) is 5.52. The molecule has 0 atom stereocenters. The molecule has 0 saturated carbocycles. The number of nitrogens with one attached hydrogen (secondary N) is 1. The number of carboxylic acids is 1. The predicted octanol–water partition coefficient (Wildman–Crippen LogP) is 4.21. The van der Waals surface area contributed by atoms with Gasteiger partial charge in [-0.1, -0.05) is 30.3 Å². The third-order valence-electron chi connectivity index (χ3n) is 3.12. The fraction of sp³-hybridized carbons (Fsp3) is 0.0625. The number of hydrogen-bond donors (Lipinski definition) is 2. The van der Waals surface area contributed by atoms with E-state index in [2.05, 4.69) is 29.6 Å². The highest BCUT2D eigenvalue weighted by molar-refractivity contribution is 7.10. The molecule has 0 aliphatic heterocycles. The number of hydrogen-bond acceptors (Lipinski definition) is 3. The van der Waals surface area contributed by atoms with Gasteiger partial charge in [-0.15, -0.1) is 11.3 Å². The molecular weight excluding hydrogens is 270 g/mol. The molecule has 20 heavy (non-hydrogen) atoms. The van der Waals surface area contributed by atoms with Crippen LogP contribution in [0.1, 0.15) is 15.2 Å². The summed E-state index contributed by atoms with van der Waals surface area (Å²) < 4.78 is 0. The normalized spacial score (nSPS) is 10.6. The van der Waals surface area contributed by atoms with E-state index in [-0.39, 0.29) is 0 Å². The molecule has 1 heterocycles. The van der Waals surface area contributed by atoms with Crippen LogP contribution in [0.15, 0.2) is 53.9 Å². The lowest BCUT2D eigenvalue weighted by molar-refractivity contribution is 0.0697. The van der Waals surface area contributed by atoms with Crippen LogP contribution >= 0.6 is 11.3 Å². The second kappa shape index (κ2) is 5.35. The van der Waals surface area contributed by atoms with Crippen LogP contribution in [0.3, 0.4) is 0 Å². The van der Waals surface area contributed by atoms with Gasteiger partial charge in [0.05, 0.1) is 5.56 Å². The van der Waals surface area contributed by atoms with Crippen molar-refractivity contribution in [2.24, 2.45) is 0 Å². The molecule has 0 aliphatic carbocycles. The second-order valence-electron chi connectivity index (χ2n) is 4.52. The Kier molecular flexibility index (Phi) is 3.39. The number of carboxylic acid groups (broad SMARTS) is 1. The van der Waals surface area contributed by atoms with Crippen molar-refractivity contribution in [2.45, 2.75) is 6.54 Å². The Labute approximate surface area is 120 Å². The molecule has 0 bridgehead atoms. The molecule has 3 nitrogen and oxygen atoms in total. The number of benzene rings is 2. The van der Waals surface area contributed by atoms with Crippen molar-refractivity contribution in [3.8, 4) is 0 Å². The maximum absolute atomic E-state index is 10.8. The van der Waals surface area contributed by atoms with Gasteiger partial charge in [-0.05, 0) is 29.0 Å². The predicted molar refractivity (Wildman–Crippen MR) is 82.6 cm³/mol. The molecule has 3 aromatic rings. The first-order valence-corrected chi connectivity index (χ1v) is 7.14. The quantitative estimate of drug-likeness (QED) is 0.754. The van der Waals surface area contributed by atoms with E-state index in [1.807, 2.05) is 18.2 Å². The van der Waals surface area contributed by atoms with Crippen molar-refractivity contribution in [3.05, 3.63) is 64.4 Å². The average molecular weight is 283 g/mol. The first-order valence-electron chi connectivity index (χ1n) is 6.26. The van der Waals surface area contributed by atoms with Gasteiger partial charge in [-0.3, -0.25) is 0 Å². The van der Waals surface area contributed by atoms with E-state index in [0.29, 0.717) is 12.1 Å². The highest BCUT2D eigenvalue weighted by atomic mass is 32.1. The summed E-state index contributed by atoms with van der Waals surface area (Å²) in [7, 11) is 0. The molecule has 2 aromatic carbocycles. The number of carbonyl (C=O) groups is 1. The first kappa shape index (κ1) is 12.7. The molecule has 0 aliphatic rings. The minimum absolute atomic E-state index is 0.352. The maximum atomic E-state index is 10.8. The Balaban J connectivity index is 1.74. The Morgan fingerprint density at radius 1 is 1.10 bits per heavy atom. The number of rotatable bonds is 4. The van der Waals surface area contributed by atoms with Gasteiger partial charge in [0, 0.05) is 22.5 Å². The van der Waals surface area contributed by atoms with Crippen LogP contribution in [0.25, 0.3) is 10.8 Å². The van der Waals surface area contributed by atoms with Crippen molar-refractivity contribution in [1.29, 1.82) is 0 Å². The van der Waals surface area contributed by atoms with Crippen molar-refractivity contribution in [2.75, 3.05) is 5.32 Å². The van der Waals surface area contributed by atoms with Crippen LogP contribution < -0.4 is 5.32 Å². The highest BCUT2D eigenvalue weighted by Crippen LogP contribution is 2.21. The zero-order chi connectivity index (χ0) is 13.9. The van der Waals surface area contributed by atoms with Gasteiger partial charge in [0.15, 0.2) is 0 Å². The average Bonchev–Trinajstić information content (AvgIpc) is 2.94. The standard InChI is InChI=1S/C16H13NO2S/c18-16(19)13-8-15(20-10-13)9-17-14-6-5-11-3-1-2-4-12(11)7-14/h1-8,10,17H,9H2,(H,18,19). The molecular formula is C16H13NO2S. The minimum Gasteiger partial charge on any atom is -0.478 e. The van der Waals surface area contributed by atoms with Crippen molar-refractivity contribution in [3.63, 3.8) is 0 Å². The summed E-state index contributed by atoms with van der Waals surface area (Å²) in [5.41, 5.74) is 1.39. The lowest BCUT2D eigenvalue weighted by atomic mass is 10.1. The number of anilines is 1.